The fraction of sp³-hybridized carbons (Fsp3) is 0.105. The highest BCUT2D eigenvalue weighted by Crippen LogP contribution is 2.32. The molecule has 144 valence electrons. The minimum atomic E-state index is -3.58. The SMILES string of the molecule is CC(=O)c1sc(NC(=O)c2ccc(Cl)c(S(C)(=O)=O)c2)nc1-c1ccccc1. The number of ketones is 1. The van der Waals surface area contributed by atoms with Crippen molar-refractivity contribution in [2.45, 2.75) is 11.8 Å². The Morgan fingerprint density at radius 3 is 2.39 bits per heavy atom. The molecule has 28 heavy (non-hydrogen) atoms. The number of hydrogen-bond donors (Lipinski definition) is 1. The lowest BCUT2D eigenvalue weighted by Gasteiger charge is -2.06. The third-order valence-electron chi connectivity index (χ3n) is 3.81. The third-order valence-corrected chi connectivity index (χ3v) is 6.46. The minimum absolute atomic E-state index is 0.0403. The van der Waals surface area contributed by atoms with E-state index in [2.05, 4.69) is 10.3 Å². The van der Waals surface area contributed by atoms with Crippen LogP contribution < -0.4 is 5.32 Å². The first-order chi connectivity index (χ1) is 13.2. The normalized spacial score (nSPS) is 11.2. The number of anilines is 1. The number of thiazole rings is 1. The lowest BCUT2D eigenvalue weighted by Crippen LogP contribution is -2.12. The number of aromatic nitrogens is 1. The molecule has 0 spiro atoms. The molecule has 0 saturated carbocycles. The Morgan fingerprint density at radius 2 is 1.79 bits per heavy atom. The summed E-state index contributed by atoms with van der Waals surface area (Å²) in [6.45, 7) is 1.43. The first kappa shape index (κ1) is 20.2. The van der Waals surface area contributed by atoms with Crippen LogP contribution in [0.1, 0.15) is 27.0 Å². The largest absolute Gasteiger partial charge is 0.298 e. The summed E-state index contributed by atoms with van der Waals surface area (Å²) in [5.74, 6) is -0.715. The Balaban J connectivity index is 1.95. The van der Waals surface area contributed by atoms with E-state index in [-0.39, 0.29) is 26.4 Å². The summed E-state index contributed by atoms with van der Waals surface area (Å²) in [7, 11) is -3.58. The van der Waals surface area contributed by atoms with E-state index in [1.54, 1.807) is 0 Å². The number of benzene rings is 2. The molecule has 1 heterocycles. The van der Waals surface area contributed by atoms with E-state index in [0.717, 1.165) is 23.2 Å². The van der Waals surface area contributed by atoms with E-state index in [4.69, 9.17) is 11.6 Å². The zero-order chi connectivity index (χ0) is 20.5. The van der Waals surface area contributed by atoms with Crippen molar-refractivity contribution in [3.8, 4) is 11.3 Å². The van der Waals surface area contributed by atoms with Crippen molar-refractivity contribution in [1.82, 2.24) is 4.98 Å². The molecular formula is C19H15ClN2O4S2. The number of Topliss-reactive ketones (excluding diaryl/α,β-unsaturated/α-hetero) is 1. The van der Waals surface area contributed by atoms with E-state index in [1.807, 2.05) is 30.3 Å². The molecule has 0 saturated heterocycles. The molecule has 0 aliphatic heterocycles. The number of nitrogens with zero attached hydrogens (tertiary/aromatic N) is 1. The molecule has 0 fully saturated rings. The molecule has 0 radical (unpaired) electrons. The predicted molar refractivity (Wildman–Crippen MR) is 110 cm³/mol. The van der Waals surface area contributed by atoms with Crippen LogP contribution in [0, 0.1) is 0 Å². The van der Waals surface area contributed by atoms with Gasteiger partial charge in [0.25, 0.3) is 5.91 Å². The molecule has 0 aliphatic carbocycles. The van der Waals surface area contributed by atoms with Gasteiger partial charge in [0.15, 0.2) is 20.8 Å². The van der Waals surface area contributed by atoms with Gasteiger partial charge in [-0.1, -0.05) is 53.3 Å². The molecule has 0 aliphatic rings. The van der Waals surface area contributed by atoms with Crippen molar-refractivity contribution in [1.29, 1.82) is 0 Å². The highest BCUT2D eigenvalue weighted by molar-refractivity contribution is 7.90. The molecule has 3 aromatic rings. The maximum atomic E-state index is 12.6. The summed E-state index contributed by atoms with van der Waals surface area (Å²) < 4.78 is 23.6. The maximum absolute atomic E-state index is 12.6. The number of nitrogens with one attached hydrogen (secondary N) is 1. The summed E-state index contributed by atoms with van der Waals surface area (Å²) in [6.07, 6.45) is 1.02. The van der Waals surface area contributed by atoms with Gasteiger partial charge in [-0.05, 0) is 18.2 Å². The summed E-state index contributed by atoms with van der Waals surface area (Å²) in [5, 5.41) is 2.90. The van der Waals surface area contributed by atoms with Gasteiger partial charge in [-0.3, -0.25) is 14.9 Å². The second-order valence-corrected chi connectivity index (χ2v) is 9.38. The van der Waals surface area contributed by atoms with E-state index < -0.39 is 15.7 Å². The standard InChI is InChI=1S/C19H15ClN2O4S2/c1-11(23)17-16(12-6-4-3-5-7-12)21-19(27-17)22-18(24)13-8-9-14(20)15(10-13)28(2,25)26/h3-10H,1-2H3,(H,21,22,24). The number of sulfone groups is 1. The van der Waals surface area contributed by atoms with Crippen LogP contribution in [0.2, 0.25) is 5.02 Å². The van der Waals surface area contributed by atoms with Gasteiger partial charge < -0.3 is 0 Å². The number of hydrogen-bond acceptors (Lipinski definition) is 6. The molecule has 0 atom stereocenters. The number of halogens is 1. The van der Waals surface area contributed by atoms with Crippen LogP contribution in [-0.4, -0.2) is 31.3 Å². The van der Waals surface area contributed by atoms with Gasteiger partial charge in [0.2, 0.25) is 0 Å². The Morgan fingerprint density at radius 1 is 1.11 bits per heavy atom. The van der Waals surface area contributed by atoms with Gasteiger partial charge in [0.1, 0.15) is 0 Å². The van der Waals surface area contributed by atoms with Crippen LogP contribution in [0.4, 0.5) is 5.13 Å². The monoisotopic (exact) mass is 434 g/mol. The lowest BCUT2D eigenvalue weighted by molar-refractivity contribution is 0.101. The third kappa shape index (κ3) is 4.30. The van der Waals surface area contributed by atoms with Gasteiger partial charge in [-0.15, -0.1) is 0 Å². The van der Waals surface area contributed by atoms with Crippen molar-refractivity contribution >= 4 is 49.6 Å². The number of rotatable bonds is 5. The molecule has 2 aromatic carbocycles. The second kappa shape index (κ2) is 7.83. The van der Waals surface area contributed by atoms with Crippen LogP contribution in [0.5, 0.6) is 0 Å². The zero-order valence-corrected chi connectivity index (χ0v) is 17.3. The van der Waals surface area contributed by atoms with Crippen LogP contribution >= 0.6 is 22.9 Å². The molecule has 1 N–H and O–H groups in total. The molecule has 9 heteroatoms. The van der Waals surface area contributed by atoms with Crippen molar-refractivity contribution in [3.63, 3.8) is 0 Å². The topological polar surface area (TPSA) is 93.2 Å². The molecule has 0 unspecified atom stereocenters. The number of carbonyl (C=O) groups excluding carboxylic acids is 2. The van der Waals surface area contributed by atoms with Crippen molar-refractivity contribution in [2.24, 2.45) is 0 Å². The molecule has 1 amide bonds. The zero-order valence-electron chi connectivity index (χ0n) is 14.9. The fourth-order valence-corrected chi connectivity index (χ4v) is 4.68. The Kier molecular flexibility index (Phi) is 5.64. The summed E-state index contributed by atoms with van der Waals surface area (Å²) >= 11 is 6.98. The predicted octanol–water partition coefficient (Wildman–Crippen LogP) is 4.32. The van der Waals surface area contributed by atoms with Crippen LogP contribution in [0.25, 0.3) is 11.3 Å². The van der Waals surface area contributed by atoms with Crippen LogP contribution in [-0.2, 0) is 9.84 Å². The van der Waals surface area contributed by atoms with Crippen LogP contribution in [0.15, 0.2) is 53.4 Å². The average Bonchev–Trinajstić information content (AvgIpc) is 3.06. The second-order valence-electron chi connectivity index (χ2n) is 5.99. The Bertz CT molecular complexity index is 1170. The highest BCUT2D eigenvalue weighted by Gasteiger charge is 2.20. The van der Waals surface area contributed by atoms with Crippen molar-refractivity contribution in [2.75, 3.05) is 11.6 Å². The fourth-order valence-electron chi connectivity index (χ4n) is 2.50. The van der Waals surface area contributed by atoms with Crippen molar-refractivity contribution < 1.29 is 18.0 Å². The van der Waals surface area contributed by atoms with Gasteiger partial charge in [-0.2, -0.15) is 0 Å². The van der Waals surface area contributed by atoms with Gasteiger partial charge in [-0.25, -0.2) is 13.4 Å². The van der Waals surface area contributed by atoms with E-state index in [1.165, 1.54) is 25.1 Å². The highest BCUT2D eigenvalue weighted by atomic mass is 35.5. The van der Waals surface area contributed by atoms with E-state index >= 15 is 0 Å². The number of carbonyl (C=O) groups is 2. The number of amides is 1. The quantitative estimate of drug-likeness (QED) is 0.603. The Hall–Kier alpha value is -2.55. The smallest absolute Gasteiger partial charge is 0.257 e. The average molecular weight is 435 g/mol. The van der Waals surface area contributed by atoms with Gasteiger partial charge >= 0.3 is 0 Å². The van der Waals surface area contributed by atoms with Gasteiger partial charge in [0.05, 0.1) is 20.5 Å². The molecular weight excluding hydrogens is 420 g/mol. The van der Waals surface area contributed by atoms with Crippen LogP contribution in [0.3, 0.4) is 0 Å². The summed E-state index contributed by atoms with van der Waals surface area (Å²) in [6, 6.07) is 13.1. The first-order valence-electron chi connectivity index (χ1n) is 8.05. The lowest BCUT2D eigenvalue weighted by atomic mass is 10.1. The van der Waals surface area contributed by atoms with E-state index in [0.29, 0.717) is 10.6 Å². The van der Waals surface area contributed by atoms with Crippen molar-refractivity contribution in [3.05, 3.63) is 64.0 Å². The Labute approximate surface area is 171 Å². The minimum Gasteiger partial charge on any atom is -0.298 e. The molecule has 0 bridgehead atoms. The molecule has 3 rings (SSSR count). The summed E-state index contributed by atoms with van der Waals surface area (Å²) in [4.78, 5) is 29.2. The maximum Gasteiger partial charge on any atom is 0.257 e. The first-order valence-corrected chi connectivity index (χ1v) is 11.1. The van der Waals surface area contributed by atoms with Gasteiger partial charge in [0, 0.05) is 24.3 Å². The summed E-state index contributed by atoms with van der Waals surface area (Å²) in [5.41, 5.74) is 1.36. The molecule has 1 aromatic heterocycles. The molecule has 6 nitrogen and oxygen atoms in total. The van der Waals surface area contributed by atoms with E-state index in [9.17, 15) is 18.0 Å².